The predicted molar refractivity (Wildman–Crippen MR) is 35.4 cm³/mol. The molecule has 0 aromatic rings. The molecule has 0 radical (unpaired) electrons. The second kappa shape index (κ2) is 2.14. The van der Waals surface area contributed by atoms with E-state index in [0.717, 1.165) is 0 Å². The van der Waals surface area contributed by atoms with E-state index in [1.54, 1.807) is 0 Å². The van der Waals surface area contributed by atoms with Gasteiger partial charge in [0.2, 0.25) is 0 Å². The Bertz CT molecular complexity index is 108. The van der Waals surface area contributed by atoms with Crippen LogP contribution in [0.25, 0.3) is 0 Å². The fourth-order valence-corrected chi connectivity index (χ4v) is 0.735. The van der Waals surface area contributed by atoms with Crippen molar-refractivity contribution in [3.05, 3.63) is 24.3 Å². The summed E-state index contributed by atoms with van der Waals surface area (Å²) in [4.78, 5) is 0. The van der Waals surface area contributed by atoms with Crippen molar-refractivity contribution in [1.82, 2.24) is 0 Å². The fourth-order valence-electron chi connectivity index (χ4n) is 0.735. The molecule has 0 saturated heterocycles. The number of nitrogens with two attached hydrogens (primary N) is 1. The van der Waals surface area contributed by atoms with E-state index < -0.39 is 0 Å². The molecule has 0 amide bonds. The van der Waals surface area contributed by atoms with Crippen LogP contribution in [0.15, 0.2) is 24.3 Å². The van der Waals surface area contributed by atoms with Crippen LogP contribution in [-0.4, -0.2) is 6.04 Å². The maximum atomic E-state index is 5.64. The lowest BCUT2D eigenvalue weighted by atomic mass is 9.98. The van der Waals surface area contributed by atoms with Crippen LogP contribution in [0, 0.1) is 5.92 Å². The summed E-state index contributed by atoms with van der Waals surface area (Å²) in [5.74, 6) is 0.514. The quantitative estimate of drug-likeness (QED) is 0.495. The van der Waals surface area contributed by atoms with Crippen LogP contribution < -0.4 is 5.73 Å². The first-order chi connectivity index (χ1) is 3.80. The van der Waals surface area contributed by atoms with Crippen molar-refractivity contribution in [2.75, 3.05) is 0 Å². The topological polar surface area (TPSA) is 26.0 Å². The zero-order chi connectivity index (χ0) is 5.98. The van der Waals surface area contributed by atoms with Crippen LogP contribution in [0.3, 0.4) is 0 Å². The SMILES string of the molecule is CC1C=CC=CC1N. The van der Waals surface area contributed by atoms with Gasteiger partial charge in [-0.2, -0.15) is 0 Å². The van der Waals surface area contributed by atoms with E-state index in [0.29, 0.717) is 5.92 Å². The molecule has 1 rings (SSSR count). The molecule has 0 bridgehead atoms. The zero-order valence-corrected chi connectivity index (χ0v) is 5.04. The highest BCUT2D eigenvalue weighted by Crippen LogP contribution is 2.07. The largest absolute Gasteiger partial charge is 0.324 e. The molecule has 0 fully saturated rings. The van der Waals surface area contributed by atoms with Crippen LogP contribution in [-0.2, 0) is 0 Å². The third kappa shape index (κ3) is 0.984. The molecule has 0 aliphatic heterocycles. The highest BCUT2D eigenvalue weighted by molar-refractivity contribution is 5.15. The molecule has 1 heteroatoms. The van der Waals surface area contributed by atoms with Crippen molar-refractivity contribution >= 4 is 0 Å². The van der Waals surface area contributed by atoms with Gasteiger partial charge in [-0.05, 0) is 5.92 Å². The average molecular weight is 109 g/mol. The molecule has 1 nitrogen and oxygen atoms in total. The number of allylic oxidation sites excluding steroid dienone is 2. The molecule has 44 valence electrons. The van der Waals surface area contributed by atoms with Gasteiger partial charge in [-0.25, -0.2) is 0 Å². The second-order valence-corrected chi connectivity index (χ2v) is 2.21. The maximum absolute atomic E-state index is 5.64. The molecule has 0 aromatic carbocycles. The van der Waals surface area contributed by atoms with E-state index in [2.05, 4.69) is 13.0 Å². The van der Waals surface area contributed by atoms with E-state index in [-0.39, 0.29) is 6.04 Å². The molecular weight excluding hydrogens is 98.1 g/mol. The van der Waals surface area contributed by atoms with E-state index in [9.17, 15) is 0 Å². The van der Waals surface area contributed by atoms with Gasteiger partial charge >= 0.3 is 0 Å². The summed E-state index contributed by atoms with van der Waals surface area (Å²) in [6.45, 7) is 2.12. The van der Waals surface area contributed by atoms with Crippen molar-refractivity contribution in [2.45, 2.75) is 13.0 Å². The molecule has 2 unspecified atom stereocenters. The van der Waals surface area contributed by atoms with E-state index in [1.165, 1.54) is 0 Å². The van der Waals surface area contributed by atoms with Crippen molar-refractivity contribution in [2.24, 2.45) is 11.7 Å². The molecule has 1 aliphatic carbocycles. The van der Waals surface area contributed by atoms with Crippen LogP contribution >= 0.6 is 0 Å². The Morgan fingerprint density at radius 3 is 2.25 bits per heavy atom. The fraction of sp³-hybridized carbons (Fsp3) is 0.429. The highest BCUT2D eigenvalue weighted by Gasteiger charge is 2.06. The minimum Gasteiger partial charge on any atom is -0.324 e. The summed E-state index contributed by atoms with van der Waals surface area (Å²) in [6.07, 6.45) is 8.16. The van der Waals surface area contributed by atoms with E-state index >= 15 is 0 Å². The Morgan fingerprint density at radius 2 is 1.88 bits per heavy atom. The minimum absolute atomic E-state index is 0.236. The first-order valence-electron chi connectivity index (χ1n) is 2.91. The molecule has 0 heterocycles. The van der Waals surface area contributed by atoms with Gasteiger partial charge in [0, 0.05) is 6.04 Å². The summed E-state index contributed by atoms with van der Waals surface area (Å²) in [7, 11) is 0. The van der Waals surface area contributed by atoms with E-state index in [4.69, 9.17) is 5.73 Å². The van der Waals surface area contributed by atoms with Crippen molar-refractivity contribution in [3.8, 4) is 0 Å². The number of rotatable bonds is 0. The summed E-state index contributed by atoms with van der Waals surface area (Å²) >= 11 is 0. The number of hydrogen-bond donors (Lipinski definition) is 1. The Balaban J connectivity index is 2.59. The van der Waals surface area contributed by atoms with E-state index in [1.807, 2.05) is 18.2 Å². The van der Waals surface area contributed by atoms with Gasteiger partial charge in [0.05, 0.1) is 0 Å². The number of hydrogen-bond acceptors (Lipinski definition) is 1. The summed E-state index contributed by atoms with van der Waals surface area (Å²) in [5.41, 5.74) is 5.64. The lowest BCUT2D eigenvalue weighted by Crippen LogP contribution is -2.25. The van der Waals surface area contributed by atoms with Crippen LogP contribution in [0.1, 0.15) is 6.92 Å². The molecule has 8 heavy (non-hydrogen) atoms. The monoisotopic (exact) mass is 109 g/mol. The Kier molecular flexibility index (Phi) is 1.49. The smallest absolute Gasteiger partial charge is 0.0288 e. The third-order valence-corrected chi connectivity index (χ3v) is 1.47. The molecule has 2 N–H and O–H groups in total. The summed E-state index contributed by atoms with van der Waals surface area (Å²) in [5, 5.41) is 0. The Morgan fingerprint density at radius 1 is 1.25 bits per heavy atom. The molecule has 0 aromatic heterocycles. The zero-order valence-electron chi connectivity index (χ0n) is 5.04. The summed E-state index contributed by atoms with van der Waals surface area (Å²) < 4.78 is 0. The maximum Gasteiger partial charge on any atom is 0.0288 e. The first kappa shape index (κ1) is 5.57. The molecule has 2 atom stereocenters. The normalized spacial score (nSPS) is 35.8. The lowest BCUT2D eigenvalue weighted by molar-refractivity contribution is 0.625. The van der Waals surface area contributed by atoms with Gasteiger partial charge in [-0.15, -0.1) is 0 Å². The molecular formula is C7H11N. The van der Waals surface area contributed by atoms with Gasteiger partial charge in [0.25, 0.3) is 0 Å². The van der Waals surface area contributed by atoms with Crippen molar-refractivity contribution in [1.29, 1.82) is 0 Å². The summed E-state index contributed by atoms with van der Waals surface area (Å²) in [6, 6.07) is 0.236. The third-order valence-electron chi connectivity index (χ3n) is 1.47. The Labute approximate surface area is 49.9 Å². The van der Waals surface area contributed by atoms with Crippen molar-refractivity contribution in [3.63, 3.8) is 0 Å². The molecule has 0 spiro atoms. The van der Waals surface area contributed by atoms with Gasteiger partial charge in [0.1, 0.15) is 0 Å². The molecule has 1 aliphatic rings. The van der Waals surface area contributed by atoms with Gasteiger partial charge in [-0.1, -0.05) is 31.2 Å². The molecule has 0 saturated carbocycles. The average Bonchev–Trinajstić information content (AvgIpc) is 1.77. The van der Waals surface area contributed by atoms with Gasteiger partial charge in [-0.3, -0.25) is 0 Å². The first-order valence-corrected chi connectivity index (χ1v) is 2.91. The standard InChI is InChI=1S/C7H11N/c1-6-4-2-3-5-7(6)8/h2-7H,8H2,1H3. The van der Waals surface area contributed by atoms with Crippen LogP contribution in [0.2, 0.25) is 0 Å². The van der Waals surface area contributed by atoms with Crippen LogP contribution in [0.4, 0.5) is 0 Å². The van der Waals surface area contributed by atoms with Gasteiger partial charge < -0.3 is 5.73 Å². The minimum atomic E-state index is 0.236. The van der Waals surface area contributed by atoms with Gasteiger partial charge in [0.15, 0.2) is 0 Å². The Hall–Kier alpha value is -0.560. The lowest BCUT2D eigenvalue weighted by Gasteiger charge is -2.13. The highest BCUT2D eigenvalue weighted by atomic mass is 14.6. The predicted octanol–water partition coefficient (Wildman–Crippen LogP) is 1.08. The van der Waals surface area contributed by atoms with Crippen LogP contribution in [0.5, 0.6) is 0 Å². The second-order valence-electron chi connectivity index (χ2n) is 2.21. The van der Waals surface area contributed by atoms with Crippen molar-refractivity contribution < 1.29 is 0 Å².